The second kappa shape index (κ2) is 9.00. The van der Waals surface area contributed by atoms with Crippen LogP contribution >= 0.6 is 0 Å². The van der Waals surface area contributed by atoms with Crippen LogP contribution in [0.3, 0.4) is 0 Å². The highest BCUT2D eigenvalue weighted by Crippen LogP contribution is 2.40. The van der Waals surface area contributed by atoms with Crippen LogP contribution in [0, 0.1) is 6.92 Å². The van der Waals surface area contributed by atoms with E-state index in [1.54, 1.807) is 51.5 Å². The van der Waals surface area contributed by atoms with E-state index < -0.39 is 17.7 Å². The lowest BCUT2D eigenvalue weighted by Crippen LogP contribution is -2.31. The molecule has 2 N–H and O–H groups in total. The van der Waals surface area contributed by atoms with Crippen LogP contribution in [-0.4, -0.2) is 54.2 Å². The number of carbonyl (C=O) groups excluding carboxylic acids is 2. The van der Waals surface area contributed by atoms with Crippen LogP contribution in [0.1, 0.15) is 29.2 Å². The first-order valence-electron chi connectivity index (χ1n) is 9.60. The van der Waals surface area contributed by atoms with Gasteiger partial charge >= 0.3 is 0 Å². The van der Waals surface area contributed by atoms with Crippen molar-refractivity contribution in [3.63, 3.8) is 0 Å². The normalized spacial score (nSPS) is 18.1. The number of phenolic OH excluding ortho intramolecular Hbond substituents is 1. The number of carbonyl (C=O) groups is 2. The monoisotopic (exact) mass is 411 g/mol. The van der Waals surface area contributed by atoms with Crippen molar-refractivity contribution in [1.29, 1.82) is 0 Å². The summed E-state index contributed by atoms with van der Waals surface area (Å²) in [5, 5.41) is 20.7. The summed E-state index contributed by atoms with van der Waals surface area (Å²) >= 11 is 0. The van der Waals surface area contributed by atoms with E-state index in [0.29, 0.717) is 42.0 Å². The van der Waals surface area contributed by atoms with E-state index in [2.05, 4.69) is 0 Å². The average Bonchev–Trinajstić information content (AvgIpc) is 2.99. The Hall–Kier alpha value is -3.32. The molecule has 158 valence electrons. The van der Waals surface area contributed by atoms with Crippen molar-refractivity contribution in [2.75, 3.05) is 27.4 Å². The molecule has 2 aromatic carbocycles. The number of aromatic hydroxyl groups is 1. The molecule has 0 spiro atoms. The van der Waals surface area contributed by atoms with E-state index >= 15 is 0 Å². The number of benzene rings is 2. The minimum atomic E-state index is -0.760. The molecule has 1 atom stereocenters. The molecule has 1 saturated heterocycles. The molecule has 1 unspecified atom stereocenters. The van der Waals surface area contributed by atoms with E-state index in [4.69, 9.17) is 9.47 Å². The molecule has 1 fully saturated rings. The number of Topliss-reactive ketones (excluding diaryl/α,β-unsaturated/α-hetero) is 1. The third kappa shape index (κ3) is 4.02. The summed E-state index contributed by atoms with van der Waals surface area (Å²) in [4.78, 5) is 27.2. The van der Waals surface area contributed by atoms with Crippen LogP contribution in [-0.2, 0) is 14.3 Å². The molecule has 1 aliphatic rings. The Balaban J connectivity index is 2.13. The van der Waals surface area contributed by atoms with Crippen LogP contribution < -0.4 is 4.74 Å². The van der Waals surface area contributed by atoms with Gasteiger partial charge in [0.2, 0.25) is 0 Å². The summed E-state index contributed by atoms with van der Waals surface area (Å²) in [5.41, 5.74) is 1.81. The number of hydrogen-bond donors (Lipinski definition) is 2. The van der Waals surface area contributed by atoms with Gasteiger partial charge in [-0.25, -0.2) is 0 Å². The maximum Gasteiger partial charge on any atom is 0.295 e. The zero-order valence-electron chi connectivity index (χ0n) is 17.2. The van der Waals surface area contributed by atoms with E-state index in [-0.39, 0.29) is 17.1 Å². The third-order valence-electron chi connectivity index (χ3n) is 5.18. The Morgan fingerprint density at radius 1 is 1.10 bits per heavy atom. The fraction of sp³-hybridized carbons (Fsp3) is 0.304. The van der Waals surface area contributed by atoms with Crippen LogP contribution in [0.5, 0.6) is 11.5 Å². The Bertz CT molecular complexity index is 980. The summed E-state index contributed by atoms with van der Waals surface area (Å²) in [7, 11) is 3.11. The number of hydrogen-bond acceptors (Lipinski definition) is 6. The van der Waals surface area contributed by atoms with Gasteiger partial charge in [-0.1, -0.05) is 12.1 Å². The number of aliphatic hydroxyl groups excluding tert-OH is 1. The fourth-order valence-corrected chi connectivity index (χ4v) is 3.67. The van der Waals surface area contributed by atoms with Gasteiger partial charge in [0, 0.05) is 25.8 Å². The average molecular weight is 411 g/mol. The summed E-state index contributed by atoms with van der Waals surface area (Å²) in [6.45, 7) is 2.52. The number of ether oxygens (including phenoxy) is 2. The Labute approximate surface area is 175 Å². The van der Waals surface area contributed by atoms with Gasteiger partial charge in [-0.3, -0.25) is 9.59 Å². The molecule has 2 aromatic rings. The molecule has 0 aliphatic carbocycles. The molecule has 0 bridgehead atoms. The second-order valence-corrected chi connectivity index (χ2v) is 7.11. The van der Waals surface area contributed by atoms with Gasteiger partial charge in [-0.2, -0.15) is 0 Å². The number of amides is 1. The van der Waals surface area contributed by atoms with E-state index in [1.165, 1.54) is 17.0 Å². The van der Waals surface area contributed by atoms with Crippen molar-refractivity contribution >= 4 is 17.4 Å². The highest BCUT2D eigenvalue weighted by atomic mass is 16.5. The zero-order valence-corrected chi connectivity index (χ0v) is 17.2. The minimum absolute atomic E-state index is 0.0244. The number of phenols is 1. The van der Waals surface area contributed by atoms with Gasteiger partial charge in [-0.05, 0) is 54.8 Å². The molecule has 7 heteroatoms. The quantitative estimate of drug-likeness (QED) is 0.314. The predicted molar refractivity (Wildman–Crippen MR) is 111 cm³/mol. The summed E-state index contributed by atoms with van der Waals surface area (Å²) < 4.78 is 10.3. The molecular weight excluding hydrogens is 386 g/mol. The summed E-state index contributed by atoms with van der Waals surface area (Å²) in [6, 6.07) is 10.6. The number of aryl methyl sites for hydroxylation is 1. The van der Waals surface area contributed by atoms with Crippen molar-refractivity contribution < 1.29 is 29.3 Å². The lowest BCUT2D eigenvalue weighted by molar-refractivity contribution is -0.140. The molecular formula is C23H25NO6. The van der Waals surface area contributed by atoms with Crippen LogP contribution in [0.15, 0.2) is 48.0 Å². The largest absolute Gasteiger partial charge is 0.508 e. The van der Waals surface area contributed by atoms with Gasteiger partial charge in [-0.15, -0.1) is 0 Å². The lowest BCUT2D eigenvalue weighted by atomic mass is 9.94. The number of ketones is 1. The van der Waals surface area contributed by atoms with Crippen molar-refractivity contribution in [1.82, 2.24) is 4.90 Å². The van der Waals surface area contributed by atoms with Gasteiger partial charge < -0.3 is 24.6 Å². The molecule has 0 saturated carbocycles. The van der Waals surface area contributed by atoms with E-state index in [9.17, 15) is 19.8 Å². The molecule has 0 radical (unpaired) electrons. The SMILES string of the molecule is COCCCN1C(=O)C(=O)C(=C(O)c2ccc(OC)cc2C)C1c1ccc(O)cc1. The zero-order chi connectivity index (χ0) is 21.8. The van der Waals surface area contributed by atoms with Crippen molar-refractivity contribution in [3.05, 3.63) is 64.7 Å². The standard InChI is InChI=1S/C23H25NO6/c1-14-13-17(30-3)9-10-18(14)21(26)19-20(15-5-7-16(25)8-6-15)24(11-4-12-29-2)23(28)22(19)27/h5-10,13,20,25-26H,4,11-12H2,1-3H3. The van der Waals surface area contributed by atoms with Gasteiger partial charge in [0.15, 0.2) is 0 Å². The number of aliphatic hydroxyl groups is 1. The number of rotatable bonds is 7. The van der Waals surface area contributed by atoms with Crippen molar-refractivity contribution in [3.8, 4) is 11.5 Å². The fourth-order valence-electron chi connectivity index (χ4n) is 3.67. The Morgan fingerprint density at radius 2 is 1.80 bits per heavy atom. The Kier molecular flexibility index (Phi) is 6.42. The third-order valence-corrected chi connectivity index (χ3v) is 5.18. The minimum Gasteiger partial charge on any atom is -0.508 e. The van der Waals surface area contributed by atoms with Crippen molar-refractivity contribution in [2.45, 2.75) is 19.4 Å². The van der Waals surface area contributed by atoms with E-state index in [0.717, 1.165) is 0 Å². The molecule has 1 aliphatic heterocycles. The smallest absolute Gasteiger partial charge is 0.295 e. The maximum absolute atomic E-state index is 12.9. The topological polar surface area (TPSA) is 96.3 Å². The number of likely N-dealkylation sites (tertiary alicyclic amines) is 1. The van der Waals surface area contributed by atoms with Crippen molar-refractivity contribution in [2.24, 2.45) is 0 Å². The predicted octanol–water partition coefficient (Wildman–Crippen LogP) is 3.17. The molecule has 30 heavy (non-hydrogen) atoms. The van der Waals surface area contributed by atoms with Crippen LogP contribution in [0.2, 0.25) is 0 Å². The van der Waals surface area contributed by atoms with Gasteiger partial charge in [0.1, 0.15) is 17.3 Å². The number of nitrogens with zero attached hydrogens (tertiary/aromatic N) is 1. The second-order valence-electron chi connectivity index (χ2n) is 7.11. The molecule has 7 nitrogen and oxygen atoms in total. The molecule has 3 rings (SSSR count). The summed E-state index contributed by atoms with van der Waals surface area (Å²) in [6.07, 6.45) is 0.541. The molecule has 0 aromatic heterocycles. The van der Waals surface area contributed by atoms with Gasteiger partial charge in [0.05, 0.1) is 18.7 Å². The maximum atomic E-state index is 12.9. The number of methoxy groups -OCH3 is 2. The van der Waals surface area contributed by atoms with Crippen LogP contribution in [0.4, 0.5) is 0 Å². The first kappa shape index (κ1) is 21.4. The molecule has 1 amide bonds. The highest BCUT2D eigenvalue weighted by Gasteiger charge is 2.45. The summed E-state index contributed by atoms with van der Waals surface area (Å²) in [5.74, 6) is -0.948. The first-order chi connectivity index (χ1) is 14.4. The molecule has 1 heterocycles. The highest BCUT2D eigenvalue weighted by molar-refractivity contribution is 6.46. The Morgan fingerprint density at radius 3 is 2.40 bits per heavy atom. The van der Waals surface area contributed by atoms with Gasteiger partial charge in [0.25, 0.3) is 11.7 Å². The lowest BCUT2D eigenvalue weighted by Gasteiger charge is -2.25. The first-order valence-corrected chi connectivity index (χ1v) is 9.60. The van der Waals surface area contributed by atoms with E-state index in [1.807, 2.05) is 0 Å². The van der Waals surface area contributed by atoms with Crippen LogP contribution in [0.25, 0.3) is 5.76 Å².